The summed E-state index contributed by atoms with van der Waals surface area (Å²) in [6.45, 7) is 17.1. The van der Waals surface area contributed by atoms with E-state index < -0.39 is 13.9 Å². The van der Waals surface area contributed by atoms with Gasteiger partial charge in [0, 0.05) is 29.7 Å². The molecule has 1 atom stereocenters. The molecule has 1 aromatic rings. The van der Waals surface area contributed by atoms with E-state index in [4.69, 9.17) is 18.9 Å². The highest BCUT2D eigenvalue weighted by atomic mass is 28.4. The Morgan fingerprint density at radius 3 is 2.34 bits per heavy atom. The third-order valence-corrected chi connectivity index (χ3v) is 13.3. The lowest BCUT2D eigenvalue weighted by Gasteiger charge is -2.44. The number of hydrogen-bond donors (Lipinski definition) is 0. The number of carbonyl (C=O) groups is 1. The topological polar surface area (TPSA) is 57.7 Å². The van der Waals surface area contributed by atoms with Crippen LogP contribution in [0.25, 0.3) is 0 Å². The van der Waals surface area contributed by atoms with Crippen LogP contribution in [0, 0.1) is 5.41 Å². The van der Waals surface area contributed by atoms with Gasteiger partial charge >= 0.3 is 5.97 Å². The van der Waals surface area contributed by atoms with E-state index in [9.17, 15) is 4.79 Å². The number of carbonyl (C=O) groups excluding carboxylic acids is 1. The zero-order chi connectivity index (χ0) is 23.1. The number of ether oxygens (including phenoxy) is 2. The number of rotatable bonds is 3. The fourth-order valence-corrected chi connectivity index (χ4v) is 6.96. The van der Waals surface area contributed by atoms with Crippen molar-refractivity contribution in [3.8, 4) is 0 Å². The summed E-state index contributed by atoms with van der Waals surface area (Å²) in [5.74, 6) is -0.0212. The van der Waals surface area contributed by atoms with E-state index in [1.54, 1.807) is 0 Å². The van der Waals surface area contributed by atoms with Crippen LogP contribution in [0.1, 0.15) is 112 Å². The first-order valence-electron chi connectivity index (χ1n) is 12.4. The molecule has 1 saturated carbocycles. The van der Waals surface area contributed by atoms with Gasteiger partial charge in [0.05, 0.1) is 30.6 Å². The molecule has 4 aliphatic rings. The lowest BCUT2D eigenvalue weighted by Crippen LogP contribution is -2.44. The van der Waals surface area contributed by atoms with Gasteiger partial charge in [-0.2, -0.15) is 0 Å². The fourth-order valence-electron chi connectivity index (χ4n) is 5.69. The molecule has 1 aromatic heterocycles. The summed E-state index contributed by atoms with van der Waals surface area (Å²) < 4.78 is 19.1. The molecule has 5 rings (SSSR count). The van der Waals surface area contributed by atoms with Gasteiger partial charge in [0.15, 0.2) is 8.32 Å². The predicted molar refractivity (Wildman–Crippen MR) is 126 cm³/mol. The normalized spacial score (nSPS) is 25.8. The molecule has 6 heteroatoms. The van der Waals surface area contributed by atoms with Crippen molar-refractivity contribution in [1.82, 2.24) is 4.98 Å². The van der Waals surface area contributed by atoms with Crippen molar-refractivity contribution in [2.75, 3.05) is 13.2 Å². The Hall–Kier alpha value is -1.24. The Labute approximate surface area is 193 Å². The molecule has 3 heterocycles. The summed E-state index contributed by atoms with van der Waals surface area (Å²) in [7, 11) is -2.02. The highest BCUT2D eigenvalue weighted by molar-refractivity contribution is 6.74. The van der Waals surface area contributed by atoms with E-state index in [1.165, 1.54) is 24.1 Å². The first kappa shape index (κ1) is 22.5. The summed E-state index contributed by atoms with van der Waals surface area (Å²) >= 11 is 0. The number of fused-ring (bicyclic) bond motifs is 4. The van der Waals surface area contributed by atoms with E-state index >= 15 is 0 Å². The molecule has 1 saturated heterocycles. The van der Waals surface area contributed by atoms with Crippen LogP contribution < -0.4 is 0 Å². The van der Waals surface area contributed by atoms with E-state index in [0.29, 0.717) is 18.6 Å². The highest BCUT2D eigenvalue weighted by Crippen LogP contribution is 2.61. The molecular weight excluding hydrogens is 418 g/mol. The van der Waals surface area contributed by atoms with Crippen LogP contribution in [0.3, 0.4) is 0 Å². The van der Waals surface area contributed by atoms with Crippen molar-refractivity contribution < 1.29 is 18.7 Å². The Morgan fingerprint density at radius 2 is 1.78 bits per heavy atom. The van der Waals surface area contributed by atoms with Crippen LogP contribution >= 0.6 is 0 Å². The smallest absolute Gasteiger partial charge is 0.341 e. The molecular formula is C26H39NO4Si. The van der Waals surface area contributed by atoms with Crippen molar-refractivity contribution in [2.24, 2.45) is 5.41 Å². The second kappa shape index (κ2) is 7.13. The van der Waals surface area contributed by atoms with Crippen LogP contribution in [0.5, 0.6) is 0 Å². The molecule has 2 fully saturated rings. The van der Waals surface area contributed by atoms with Gasteiger partial charge in [0.1, 0.15) is 5.60 Å². The molecule has 0 amide bonds. The van der Waals surface area contributed by atoms with Crippen LogP contribution in [0.4, 0.5) is 0 Å². The number of pyridine rings is 1. The average molecular weight is 458 g/mol. The van der Waals surface area contributed by atoms with Crippen molar-refractivity contribution in [3.05, 3.63) is 28.1 Å². The molecule has 0 N–H and O–H groups in total. The maximum atomic E-state index is 13.3. The number of nitrogens with zero attached hydrogens (tertiary/aromatic N) is 1. The second-order valence-corrected chi connectivity index (χ2v) is 17.3. The Morgan fingerprint density at radius 1 is 1.12 bits per heavy atom. The molecule has 5 nitrogen and oxygen atoms in total. The summed E-state index contributed by atoms with van der Waals surface area (Å²) in [6, 6.07) is 0. The maximum Gasteiger partial charge on any atom is 0.341 e. The monoisotopic (exact) mass is 457 g/mol. The molecule has 1 unspecified atom stereocenters. The SMILES string of the molecule is CC(C)c1nc2c(c3c1C(=O)OC31CCOCC1)C(O[Si](C)(C)C(C)(C)C)CC1(CC1)C2. The zero-order valence-corrected chi connectivity index (χ0v) is 21.9. The zero-order valence-electron chi connectivity index (χ0n) is 20.9. The molecule has 32 heavy (non-hydrogen) atoms. The standard InChI is InChI=1S/C26H39NO4Si/c1-16(2)22-20-21(26(30-23(20)28)10-12-29-13-11-26)19-17(27-22)14-25(8-9-25)15-18(19)31-32(6,7)24(3,4)5/h16,18H,8-15H2,1-7H3. The number of aromatic nitrogens is 1. The van der Waals surface area contributed by atoms with E-state index in [0.717, 1.165) is 42.5 Å². The lowest BCUT2D eigenvalue weighted by atomic mass is 9.73. The Balaban J connectivity index is 1.73. The van der Waals surface area contributed by atoms with Crippen LogP contribution in [0.15, 0.2) is 0 Å². The molecule has 0 bridgehead atoms. The summed E-state index contributed by atoms with van der Waals surface area (Å²) in [5, 5.41) is 0.123. The predicted octanol–water partition coefficient (Wildman–Crippen LogP) is 6.17. The maximum absolute atomic E-state index is 13.3. The average Bonchev–Trinajstić information content (AvgIpc) is 3.37. The molecule has 2 aliphatic heterocycles. The quantitative estimate of drug-likeness (QED) is 0.401. The van der Waals surface area contributed by atoms with Gasteiger partial charge in [-0.1, -0.05) is 34.6 Å². The first-order chi connectivity index (χ1) is 14.9. The fraction of sp³-hybridized carbons (Fsp3) is 0.769. The molecule has 176 valence electrons. The number of hydrogen-bond acceptors (Lipinski definition) is 5. The van der Waals surface area contributed by atoms with Gasteiger partial charge < -0.3 is 13.9 Å². The van der Waals surface area contributed by atoms with Crippen LogP contribution in [-0.2, 0) is 25.9 Å². The van der Waals surface area contributed by atoms with Crippen molar-refractivity contribution in [2.45, 2.75) is 109 Å². The van der Waals surface area contributed by atoms with Gasteiger partial charge in [-0.05, 0) is 55.1 Å². The van der Waals surface area contributed by atoms with Crippen molar-refractivity contribution in [1.29, 1.82) is 0 Å². The Kier molecular flexibility index (Phi) is 5.02. The van der Waals surface area contributed by atoms with E-state index in [-0.39, 0.29) is 23.0 Å². The molecule has 2 spiro atoms. The van der Waals surface area contributed by atoms with Crippen molar-refractivity contribution in [3.63, 3.8) is 0 Å². The summed E-state index contributed by atoms with van der Waals surface area (Å²) in [5.41, 5.74) is 4.88. The summed E-state index contributed by atoms with van der Waals surface area (Å²) in [4.78, 5) is 18.5. The van der Waals surface area contributed by atoms with E-state index in [2.05, 4.69) is 47.7 Å². The van der Waals surface area contributed by atoms with Crippen LogP contribution in [-0.4, -0.2) is 32.5 Å². The number of esters is 1. The second-order valence-electron chi connectivity index (χ2n) is 12.5. The highest BCUT2D eigenvalue weighted by Gasteiger charge is 2.56. The third-order valence-electron chi connectivity index (χ3n) is 8.82. The molecule has 0 radical (unpaired) electrons. The minimum atomic E-state index is -2.02. The lowest BCUT2D eigenvalue weighted by molar-refractivity contribution is -0.0747. The van der Waals surface area contributed by atoms with E-state index in [1.807, 2.05) is 0 Å². The van der Waals surface area contributed by atoms with Crippen molar-refractivity contribution >= 4 is 14.3 Å². The van der Waals surface area contributed by atoms with Gasteiger partial charge in [0.2, 0.25) is 0 Å². The molecule has 2 aliphatic carbocycles. The van der Waals surface area contributed by atoms with Gasteiger partial charge in [0.25, 0.3) is 0 Å². The first-order valence-corrected chi connectivity index (χ1v) is 15.4. The van der Waals surface area contributed by atoms with Crippen LogP contribution in [0.2, 0.25) is 18.1 Å². The van der Waals surface area contributed by atoms with Gasteiger partial charge in [-0.25, -0.2) is 4.79 Å². The largest absolute Gasteiger partial charge is 0.450 e. The summed E-state index contributed by atoms with van der Waals surface area (Å²) in [6.07, 6.45) is 6.01. The van der Waals surface area contributed by atoms with Gasteiger partial charge in [-0.15, -0.1) is 0 Å². The minimum absolute atomic E-state index is 0.00109. The Bertz CT molecular complexity index is 952. The molecule has 0 aromatic carbocycles. The van der Waals surface area contributed by atoms with Gasteiger partial charge in [-0.3, -0.25) is 4.98 Å². The minimum Gasteiger partial charge on any atom is -0.450 e. The third kappa shape index (κ3) is 3.40.